The summed E-state index contributed by atoms with van der Waals surface area (Å²) in [7, 11) is 1.74. The molecule has 0 aliphatic rings. The van der Waals surface area contributed by atoms with Crippen molar-refractivity contribution in [2.45, 2.75) is 26.2 Å². The van der Waals surface area contributed by atoms with Gasteiger partial charge in [0.15, 0.2) is 0 Å². The first-order valence-corrected chi connectivity index (χ1v) is 7.27. The van der Waals surface area contributed by atoms with Crippen LogP contribution in [0.15, 0.2) is 30.3 Å². The van der Waals surface area contributed by atoms with Crippen LogP contribution in [0.4, 0.5) is 5.69 Å². The molecule has 0 spiro atoms. The topological polar surface area (TPSA) is 72.9 Å². The minimum absolute atomic E-state index is 0.157. The van der Waals surface area contributed by atoms with Crippen LogP contribution >= 0.6 is 0 Å². The second kappa shape index (κ2) is 6.92. The van der Waals surface area contributed by atoms with Crippen molar-refractivity contribution in [1.29, 1.82) is 0 Å². The van der Waals surface area contributed by atoms with E-state index in [4.69, 9.17) is 5.73 Å². The zero-order valence-electron chi connectivity index (χ0n) is 12.6. The Morgan fingerprint density at radius 2 is 2.05 bits per heavy atom. The zero-order chi connectivity index (χ0) is 15.2. The van der Waals surface area contributed by atoms with E-state index in [1.807, 2.05) is 25.1 Å². The third kappa shape index (κ3) is 3.62. The number of carbonyl (C=O) groups excluding carboxylic acids is 1. The molecule has 0 aliphatic carbocycles. The van der Waals surface area contributed by atoms with Gasteiger partial charge in [0.25, 0.3) is 5.91 Å². The largest absolute Gasteiger partial charge is 0.395 e. The summed E-state index contributed by atoms with van der Waals surface area (Å²) in [4.78, 5) is 12.2. The highest BCUT2D eigenvalue weighted by Gasteiger charge is 2.18. The van der Waals surface area contributed by atoms with Gasteiger partial charge in [0.2, 0.25) is 0 Å². The number of hydrogen-bond donors (Lipinski definition) is 2. The molecule has 3 N–H and O–H groups in total. The monoisotopic (exact) mass is 286 g/mol. The Balaban J connectivity index is 1.86. The fourth-order valence-electron chi connectivity index (χ4n) is 2.35. The Labute approximate surface area is 125 Å². The molecule has 0 fully saturated rings. The number of nitrogens with two attached hydrogens (primary N) is 1. The van der Waals surface area contributed by atoms with Gasteiger partial charge in [-0.05, 0) is 24.8 Å². The fraction of sp³-hybridized carbons (Fsp3) is 0.375. The van der Waals surface area contributed by atoms with E-state index in [0.29, 0.717) is 17.9 Å². The average molecular weight is 286 g/mol. The summed E-state index contributed by atoms with van der Waals surface area (Å²) in [6.07, 6.45) is 2.57. The molecule has 1 amide bonds. The number of nitrogens with one attached hydrogen (secondary N) is 1. The zero-order valence-corrected chi connectivity index (χ0v) is 12.6. The molecule has 1 aromatic carbocycles. The van der Waals surface area contributed by atoms with Crippen LogP contribution in [0.5, 0.6) is 0 Å². The Kier molecular flexibility index (Phi) is 4.98. The van der Waals surface area contributed by atoms with Gasteiger partial charge in [0.1, 0.15) is 5.69 Å². The molecule has 0 saturated carbocycles. The van der Waals surface area contributed by atoms with E-state index in [-0.39, 0.29) is 5.91 Å². The lowest BCUT2D eigenvalue weighted by Gasteiger charge is -2.06. The molecule has 1 aromatic heterocycles. The highest BCUT2D eigenvalue weighted by Crippen LogP contribution is 2.16. The van der Waals surface area contributed by atoms with Gasteiger partial charge in [-0.2, -0.15) is 5.10 Å². The van der Waals surface area contributed by atoms with E-state index in [1.165, 1.54) is 5.56 Å². The van der Waals surface area contributed by atoms with Gasteiger partial charge >= 0.3 is 0 Å². The van der Waals surface area contributed by atoms with E-state index in [2.05, 4.69) is 22.5 Å². The van der Waals surface area contributed by atoms with E-state index in [0.717, 1.165) is 25.0 Å². The molecule has 5 nitrogen and oxygen atoms in total. The van der Waals surface area contributed by atoms with Gasteiger partial charge in [0, 0.05) is 13.6 Å². The fourth-order valence-corrected chi connectivity index (χ4v) is 2.35. The molecule has 0 bridgehead atoms. The van der Waals surface area contributed by atoms with Crippen LogP contribution in [0.1, 0.15) is 35.1 Å². The number of benzene rings is 1. The SMILES string of the molecule is CCc1nn(C)c(C(=O)NCCCc2ccccc2)c1N. The van der Waals surface area contributed by atoms with Crippen LogP contribution in [0.2, 0.25) is 0 Å². The number of rotatable bonds is 6. The number of nitrogen functional groups attached to an aromatic ring is 1. The smallest absolute Gasteiger partial charge is 0.271 e. The predicted molar refractivity (Wildman–Crippen MR) is 84.1 cm³/mol. The van der Waals surface area contributed by atoms with E-state index in [1.54, 1.807) is 11.7 Å². The first kappa shape index (κ1) is 15.1. The van der Waals surface area contributed by atoms with Crippen LogP contribution in [-0.2, 0) is 19.9 Å². The van der Waals surface area contributed by atoms with E-state index in [9.17, 15) is 4.79 Å². The van der Waals surface area contributed by atoms with Crippen LogP contribution in [-0.4, -0.2) is 22.2 Å². The molecule has 5 heteroatoms. The predicted octanol–water partition coefficient (Wildman–Crippen LogP) is 1.93. The van der Waals surface area contributed by atoms with Crippen molar-refractivity contribution in [1.82, 2.24) is 15.1 Å². The second-order valence-electron chi connectivity index (χ2n) is 5.03. The maximum Gasteiger partial charge on any atom is 0.271 e. The Hall–Kier alpha value is -2.30. The van der Waals surface area contributed by atoms with Crippen molar-refractivity contribution in [3.63, 3.8) is 0 Å². The summed E-state index contributed by atoms with van der Waals surface area (Å²) in [5.41, 5.74) is 8.95. The molecule has 0 radical (unpaired) electrons. The lowest BCUT2D eigenvalue weighted by Crippen LogP contribution is -2.27. The molecular weight excluding hydrogens is 264 g/mol. The normalized spacial score (nSPS) is 10.6. The van der Waals surface area contributed by atoms with Crippen molar-refractivity contribution in [3.05, 3.63) is 47.3 Å². The first-order chi connectivity index (χ1) is 10.1. The quantitative estimate of drug-likeness (QED) is 0.797. The maximum absolute atomic E-state index is 12.2. The Bertz CT molecular complexity index is 604. The molecule has 21 heavy (non-hydrogen) atoms. The molecule has 2 aromatic rings. The van der Waals surface area contributed by atoms with E-state index >= 15 is 0 Å². The minimum Gasteiger partial charge on any atom is -0.395 e. The highest BCUT2D eigenvalue weighted by molar-refractivity contribution is 5.97. The van der Waals surface area contributed by atoms with Gasteiger partial charge < -0.3 is 11.1 Å². The number of nitrogens with zero attached hydrogens (tertiary/aromatic N) is 2. The summed E-state index contributed by atoms with van der Waals surface area (Å²) in [6.45, 7) is 2.60. The third-order valence-corrected chi connectivity index (χ3v) is 3.48. The van der Waals surface area contributed by atoms with Gasteiger partial charge in [-0.3, -0.25) is 9.48 Å². The van der Waals surface area contributed by atoms with Crippen LogP contribution in [0.3, 0.4) is 0 Å². The van der Waals surface area contributed by atoms with Crippen LogP contribution < -0.4 is 11.1 Å². The highest BCUT2D eigenvalue weighted by atomic mass is 16.2. The number of amides is 1. The number of anilines is 1. The molecule has 0 aliphatic heterocycles. The van der Waals surface area contributed by atoms with Gasteiger partial charge in [-0.25, -0.2) is 0 Å². The van der Waals surface area contributed by atoms with Crippen molar-refractivity contribution in [2.75, 3.05) is 12.3 Å². The van der Waals surface area contributed by atoms with E-state index < -0.39 is 0 Å². The molecule has 112 valence electrons. The summed E-state index contributed by atoms with van der Waals surface area (Å²) >= 11 is 0. The van der Waals surface area contributed by atoms with Gasteiger partial charge in [-0.1, -0.05) is 37.3 Å². The average Bonchev–Trinajstić information content (AvgIpc) is 2.79. The Morgan fingerprint density at radius 1 is 1.33 bits per heavy atom. The van der Waals surface area contributed by atoms with Crippen molar-refractivity contribution in [3.8, 4) is 0 Å². The molecule has 1 heterocycles. The second-order valence-corrected chi connectivity index (χ2v) is 5.03. The molecule has 0 unspecified atom stereocenters. The molecular formula is C16H22N4O. The molecule has 0 atom stereocenters. The van der Waals surface area contributed by atoms with Crippen molar-refractivity contribution >= 4 is 11.6 Å². The number of aryl methyl sites for hydroxylation is 3. The van der Waals surface area contributed by atoms with Gasteiger partial charge in [0.05, 0.1) is 11.4 Å². The summed E-state index contributed by atoms with van der Waals surface area (Å²) in [5, 5.41) is 7.16. The molecule has 0 saturated heterocycles. The van der Waals surface area contributed by atoms with Crippen molar-refractivity contribution in [2.24, 2.45) is 7.05 Å². The molecule has 2 rings (SSSR count). The third-order valence-electron chi connectivity index (χ3n) is 3.48. The minimum atomic E-state index is -0.157. The van der Waals surface area contributed by atoms with Crippen LogP contribution in [0.25, 0.3) is 0 Å². The number of aromatic nitrogens is 2. The number of hydrogen-bond acceptors (Lipinski definition) is 3. The standard InChI is InChI=1S/C16H22N4O/c1-3-13-14(17)15(20(2)19-13)16(21)18-11-7-10-12-8-5-4-6-9-12/h4-6,8-9H,3,7,10-11,17H2,1-2H3,(H,18,21). The summed E-state index contributed by atoms with van der Waals surface area (Å²) in [5.74, 6) is -0.157. The summed E-state index contributed by atoms with van der Waals surface area (Å²) in [6, 6.07) is 10.2. The lowest BCUT2D eigenvalue weighted by atomic mass is 10.1. The van der Waals surface area contributed by atoms with Crippen molar-refractivity contribution < 1.29 is 4.79 Å². The lowest BCUT2D eigenvalue weighted by molar-refractivity contribution is 0.0945. The maximum atomic E-state index is 12.2. The summed E-state index contributed by atoms with van der Waals surface area (Å²) < 4.78 is 1.56. The van der Waals surface area contributed by atoms with Crippen LogP contribution in [0, 0.1) is 0 Å². The first-order valence-electron chi connectivity index (χ1n) is 7.27. The van der Waals surface area contributed by atoms with Gasteiger partial charge in [-0.15, -0.1) is 0 Å². The Morgan fingerprint density at radius 3 is 2.67 bits per heavy atom. The number of carbonyl (C=O) groups is 1.